The van der Waals surface area contributed by atoms with Gasteiger partial charge in [-0.25, -0.2) is 4.39 Å². The highest BCUT2D eigenvalue weighted by molar-refractivity contribution is 6.02. The van der Waals surface area contributed by atoms with Crippen molar-refractivity contribution < 1.29 is 14.0 Å². The molecule has 0 radical (unpaired) electrons. The van der Waals surface area contributed by atoms with Gasteiger partial charge in [0.05, 0.1) is 12.3 Å². The van der Waals surface area contributed by atoms with E-state index in [-0.39, 0.29) is 23.7 Å². The molecule has 1 atom stereocenters. The highest BCUT2D eigenvalue weighted by atomic mass is 19.1. The van der Waals surface area contributed by atoms with Gasteiger partial charge in [-0.3, -0.25) is 4.79 Å². The molecule has 0 spiro atoms. The van der Waals surface area contributed by atoms with E-state index in [1.807, 2.05) is 24.3 Å². The molecule has 27 heavy (non-hydrogen) atoms. The minimum atomic E-state index is -0.284. The predicted molar refractivity (Wildman–Crippen MR) is 102 cm³/mol. The number of halogens is 1. The SMILES string of the molecule is Cc1ccccc1C1=NO[C@H](CN(Cc2cccc(F)c2)C(=O)C2CC2)C1. The van der Waals surface area contributed by atoms with Crippen LogP contribution in [0.2, 0.25) is 0 Å². The molecule has 4 nitrogen and oxygen atoms in total. The second kappa shape index (κ2) is 7.51. The number of nitrogens with zero attached hydrogens (tertiary/aromatic N) is 2. The smallest absolute Gasteiger partial charge is 0.226 e. The van der Waals surface area contributed by atoms with Crippen LogP contribution in [0.3, 0.4) is 0 Å². The summed E-state index contributed by atoms with van der Waals surface area (Å²) in [6.07, 6.45) is 2.38. The third-order valence-corrected chi connectivity index (χ3v) is 5.11. The number of hydrogen-bond acceptors (Lipinski definition) is 3. The van der Waals surface area contributed by atoms with Gasteiger partial charge < -0.3 is 9.74 Å². The van der Waals surface area contributed by atoms with Crippen LogP contribution in [0, 0.1) is 18.7 Å². The van der Waals surface area contributed by atoms with Crippen molar-refractivity contribution in [1.82, 2.24) is 4.90 Å². The number of rotatable bonds is 6. The van der Waals surface area contributed by atoms with E-state index in [0.717, 1.165) is 35.2 Å². The summed E-state index contributed by atoms with van der Waals surface area (Å²) in [7, 11) is 0. The summed E-state index contributed by atoms with van der Waals surface area (Å²) < 4.78 is 13.5. The maximum absolute atomic E-state index is 13.5. The molecule has 0 N–H and O–H groups in total. The number of oxime groups is 1. The lowest BCUT2D eigenvalue weighted by atomic mass is 10.00. The van der Waals surface area contributed by atoms with Crippen molar-refractivity contribution in [3.8, 4) is 0 Å². The lowest BCUT2D eigenvalue weighted by Crippen LogP contribution is -2.38. The van der Waals surface area contributed by atoms with Crippen LogP contribution in [0.5, 0.6) is 0 Å². The summed E-state index contributed by atoms with van der Waals surface area (Å²) >= 11 is 0. The Morgan fingerprint density at radius 1 is 1.22 bits per heavy atom. The molecular formula is C22H23FN2O2. The molecule has 0 bridgehead atoms. The van der Waals surface area contributed by atoms with Gasteiger partial charge in [0.1, 0.15) is 5.82 Å². The van der Waals surface area contributed by atoms with E-state index >= 15 is 0 Å². The Morgan fingerprint density at radius 3 is 2.78 bits per heavy atom. The van der Waals surface area contributed by atoms with Crippen molar-refractivity contribution in [2.75, 3.05) is 6.54 Å². The monoisotopic (exact) mass is 366 g/mol. The maximum Gasteiger partial charge on any atom is 0.226 e. The summed E-state index contributed by atoms with van der Waals surface area (Å²) in [6.45, 7) is 2.91. The van der Waals surface area contributed by atoms with Gasteiger partial charge in [-0.1, -0.05) is 41.6 Å². The van der Waals surface area contributed by atoms with Crippen LogP contribution >= 0.6 is 0 Å². The second-order valence-corrected chi connectivity index (χ2v) is 7.41. The fourth-order valence-electron chi connectivity index (χ4n) is 3.50. The predicted octanol–water partition coefficient (Wildman–Crippen LogP) is 4.07. The van der Waals surface area contributed by atoms with Gasteiger partial charge in [0.15, 0.2) is 6.10 Å². The van der Waals surface area contributed by atoms with Gasteiger partial charge in [0.25, 0.3) is 0 Å². The third kappa shape index (κ3) is 4.18. The van der Waals surface area contributed by atoms with Gasteiger partial charge in [0.2, 0.25) is 5.91 Å². The molecule has 2 aromatic rings. The fraction of sp³-hybridized carbons (Fsp3) is 0.364. The van der Waals surface area contributed by atoms with Crippen molar-refractivity contribution in [1.29, 1.82) is 0 Å². The molecule has 140 valence electrons. The van der Waals surface area contributed by atoms with E-state index < -0.39 is 0 Å². The summed E-state index contributed by atoms with van der Waals surface area (Å²) in [6, 6.07) is 14.5. The standard InChI is InChI=1S/C22H23FN2O2/c1-15-5-2-3-8-20(15)21-12-19(27-24-21)14-25(22(26)17-9-10-17)13-16-6-4-7-18(23)11-16/h2-8,11,17,19H,9-10,12-14H2,1H3/t19-/m0/s1. The molecule has 5 heteroatoms. The maximum atomic E-state index is 13.5. The third-order valence-electron chi connectivity index (χ3n) is 5.11. The number of amides is 1. The van der Waals surface area contributed by atoms with E-state index in [4.69, 9.17) is 4.84 Å². The number of carbonyl (C=O) groups is 1. The summed E-state index contributed by atoms with van der Waals surface area (Å²) in [5.41, 5.74) is 3.96. The lowest BCUT2D eigenvalue weighted by Gasteiger charge is -2.25. The quantitative estimate of drug-likeness (QED) is 0.773. The van der Waals surface area contributed by atoms with E-state index in [1.165, 1.54) is 12.1 Å². The molecule has 1 aliphatic heterocycles. The zero-order valence-corrected chi connectivity index (χ0v) is 15.4. The first-order chi connectivity index (χ1) is 13.1. The first kappa shape index (κ1) is 17.7. The zero-order valence-electron chi connectivity index (χ0n) is 15.4. The Kier molecular flexibility index (Phi) is 4.92. The summed E-state index contributed by atoms with van der Waals surface area (Å²) in [5, 5.41) is 4.26. The lowest BCUT2D eigenvalue weighted by molar-refractivity contribution is -0.135. The van der Waals surface area contributed by atoms with Crippen LogP contribution in [-0.4, -0.2) is 29.2 Å². The molecular weight excluding hydrogens is 343 g/mol. The van der Waals surface area contributed by atoms with Crippen LogP contribution in [0.4, 0.5) is 4.39 Å². The Balaban J connectivity index is 1.44. The molecule has 1 amide bonds. The van der Waals surface area contributed by atoms with E-state index in [0.29, 0.717) is 19.5 Å². The number of aryl methyl sites for hydroxylation is 1. The van der Waals surface area contributed by atoms with E-state index in [9.17, 15) is 9.18 Å². The van der Waals surface area contributed by atoms with Gasteiger partial charge in [-0.15, -0.1) is 0 Å². The Hall–Kier alpha value is -2.69. The first-order valence-corrected chi connectivity index (χ1v) is 9.42. The first-order valence-electron chi connectivity index (χ1n) is 9.42. The van der Waals surface area contributed by atoms with Crippen molar-refractivity contribution >= 4 is 11.6 Å². The minimum absolute atomic E-state index is 0.108. The zero-order chi connectivity index (χ0) is 18.8. The average Bonchev–Trinajstić information content (AvgIpc) is 3.40. The van der Waals surface area contributed by atoms with Crippen LogP contribution < -0.4 is 0 Å². The molecule has 1 heterocycles. The molecule has 0 aromatic heterocycles. The molecule has 1 fully saturated rings. The molecule has 1 saturated carbocycles. The highest BCUT2D eigenvalue weighted by Gasteiger charge is 2.35. The van der Waals surface area contributed by atoms with Gasteiger partial charge >= 0.3 is 0 Å². The fourth-order valence-corrected chi connectivity index (χ4v) is 3.50. The molecule has 0 saturated heterocycles. The van der Waals surface area contributed by atoms with Crippen LogP contribution in [-0.2, 0) is 16.2 Å². The summed E-state index contributed by atoms with van der Waals surface area (Å²) in [4.78, 5) is 20.2. The van der Waals surface area contributed by atoms with Crippen molar-refractivity contribution in [3.05, 3.63) is 71.0 Å². The molecule has 2 aromatic carbocycles. The largest absolute Gasteiger partial charge is 0.390 e. The topological polar surface area (TPSA) is 41.9 Å². The Morgan fingerprint density at radius 2 is 2.04 bits per heavy atom. The number of benzene rings is 2. The van der Waals surface area contributed by atoms with Crippen molar-refractivity contribution in [3.63, 3.8) is 0 Å². The average molecular weight is 366 g/mol. The molecule has 1 aliphatic carbocycles. The van der Waals surface area contributed by atoms with Crippen LogP contribution in [0.25, 0.3) is 0 Å². The van der Waals surface area contributed by atoms with E-state index in [2.05, 4.69) is 18.1 Å². The summed E-state index contributed by atoms with van der Waals surface area (Å²) in [5.74, 6) is -0.0440. The van der Waals surface area contributed by atoms with Crippen molar-refractivity contribution in [2.45, 2.75) is 38.8 Å². The van der Waals surface area contributed by atoms with E-state index in [1.54, 1.807) is 11.0 Å². The molecule has 4 rings (SSSR count). The molecule has 2 aliphatic rings. The second-order valence-electron chi connectivity index (χ2n) is 7.41. The Labute approximate surface area is 158 Å². The molecule has 0 unspecified atom stereocenters. The van der Waals surface area contributed by atoms with Gasteiger partial charge in [0, 0.05) is 24.4 Å². The number of hydrogen-bond donors (Lipinski definition) is 0. The highest BCUT2D eigenvalue weighted by Crippen LogP contribution is 2.32. The normalized spacial score (nSPS) is 18.7. The van der Waals surface area contributed by atoms with Crippen LogP contribution in [0.1, 0.15) is 36.0 Å². The number of carbonyl (C=O) groups excluding carboxylic acids is 1. The van der Waals surface area contributed by atoms with Gasteiger partial charge in [-0.05, 0) is 43.0 Å². The van der Waals surface area contributed by atoms with Gasteiger partial charge in [-0.2, -0.15) is 0 Å². The van der Waals surface area contributed by atoms with Crippen LogP contribution in [0.15, 0.2) is 53.7 Å². The Bertz CT molecular complexity index is 876. The minimum Gasteiger partial charge on any atom is -0.390 e. The van der Waals surface area contributed by atoms with Crippen molar-refractivity contribution in [2.24, 2.45) is 11.1 Å².